The molecule has 0 bridgehead atoms. The molecule has 0 aromatic heterocycles. The number of sulfonamides is 1. The van der Waals surface area contributed by atoms with Crippen LogP contribution in [0.5, 0.6) is 80.5 Å². The third-order valence-corrected chi connectivity index (χ3v) is 26.1. The van der Waals surface area contributed by atoms with Crippen molar-refractivity contribution in [2.75, 3.05) is 0 Å². The highest BCUT2D eigenvalue weighted by Crippen LogP contribution is 2.41. The van der Waals surface area contributed by atoms with Crippen molar-refractivity contribution in [1.29, 1.82) is 0 Å². The molecular weight excluding hydrogens is 1840 g/mol. The van der Waals surface area contributed by atoms with Crippen LogP contribution in [0, 0.1) is 0 Å². The van der Waals surface area contributed by atoms with Crippen molar-refractivity contribution in [3.63, 3.8) is 0 Å². The molecule has 0 aliphatic heterocycles. The molecule has 3 N–H and O–H groups in total. The molecule has 19 heteroatoms. The minimum Gasteiger partial charge on any atom is -0.489 e. The Bertz CT molecular complexity index is 6550. The van der Waals surface area contributed by atoms with Gasteiger partial charge in [0.25, 0.3) is 0 Å². The molecule has 17 aromatic carbocycles. The molecule has 0 aliphatic carbocycles. The fraction of sp³-hybridized carbons (Fsp3) is 0.197. The number of hydrogen-bond acceptors (Lipinski definition) is 17. The van der Waals surface area contributed by atoms with Gasteiger partial charge in [0.05, 0.1) is 17.0 Å². The normalized spacial score (nSPS) is 11.7. The van der Waals surface area contributed by atoms with E-state index in [1.165, 1.54) is 0 Å². The summed E-state index contributed by atoms with van der Waals surface area (Å²) in [6.07, 6.45) is 0. The molecule has 742 valence electrons. The maximum Gasteiger partial charge on any atom is 0.241 e. The second-order valence-electron chi connectivity index (χ2n) is 37.1. The van der Waals surface area contributed by atoms with Gasteiger partial charge in [-0.25, -0.2) is 13.1 Å². The van der Waals surface area contributed by atoms with Crippen LogP contribution in [0.4, 0.5) is 0 Å². The number of hydrogen-bond donors (Lipinski definition) is 2. The Hall–Kier alpha value is -16.2. The number of ether oxygens (including phenoxy) is 14. The molecular formula is C127H122N2O16S. The van der Waals surface area contributed by atoms with Gasteiger partial charge in [0.15, 0.2) is 0 Å². The van der Waals surface area contributed by atoms with Gasteiger partial charge in [-0.3, -0.25) is 0 Å². The van der Waals surface area contributed by atoms with E-state index in [-0.39, 0.29) is 62.3 Å². The largest absolute Gasteiger partial charge is 0.489 e. The lowest BCUT2D eigenvalue weighted by atomic mass is 9.89. The van der Waals surface area contributed by atoms with Gasteiger partial charge in [0.1, 0.15) is 173 Å². The van der Waals surface area contributed by atoms with Crippen LogP contribution in [-0.2, 0) is 103 Å². The SMILES string of the molecule is CC(C)c1cc(C(C)C)c(S(=O)(=O)N[C@@H](c2ccc(OCc3cc(OCc4cc(OCc5ccccc5)cc(OCc5ccccc5)c4)cc(OCc4cc(OCc5ccccc5)cc(OCc5ccccc5)c4)c3)cc2)[C@@H](N)c2ccc(OCc3cc(OCc4cc(OCc5ccccc5)cc(OCc5ccccc5)c4)cc(OCc4cc(OCc5ccccc5)cc(OCc5ccccc5)c4)c3)cc2)c(C(C)C)c1. The summed E-state index contributed by atoms with van der Waals surface area (Å²) >= 11 is 0. The second kappa shape index (κ2) is 50.7. The summed E-state index contributed by atoms with van der Waals surface area (Å²) in [6.45, 7) is 15.9. The lowest BCUT2D eigenvalue weighted by molar-refractivity contribution is 0.273. The molecule has 17 aromatic rings. The average Bonchev–Trinajstić information content (AvgIpc) is 0.756. The van der Waals surface area contributed by atoms with E-state index in [4.69, 9.17) is 72.0 Å². The predicted octanol–water partition coefficient (Wildman–Crippen LogP) is 28.9. The first-order valence-corrected chi connectivity index (χ1v) is 50.9. The van der Waals surface area contributed by atoms with Gasteiger partial charge < -0.3 is 72.0 Å². The number of nitrogens with one attached hydrogen (secondary N) is 1. The maximum atomic E-state index is 15.9. The summed E-state index contributed by atoms with van der Waals surface area (Å²) in [6, 6.07) is 132. The van der Waals surface area contributed by atoms with Crippen LogP contribution in [0.1, 0.15) is 177 Å². The fourth-order valence-electron chi connectivity index (χ4n) is 16.7. The first-order chi connectivity index (χ1) is 71.3. The van der Waals surface area contributed by atoms with Crippen LogP contribution in [-0.4, -0.2) is 8.42 Å². The smallest absolute Gasteiger partial charge is 0.241 e. The van der Waals surface area contributed by atoms with Crippen molar-refractivity contribution in [2.45, 2.75) is 169 Å². The van der Waals surface area contributed by atoms with Gasteiger partial charge in [-0.2, -0.15) is 0 Å². The molecule has 0 unspecified atom stereocenters. The van der Waals surface area contributed by atoms with E-state index in [9.17, 15) is 0 Å². The topological polar surface area (TPSA) is 201 Å². The predicted molar refractivity (Wildman–Crippen MR) is 572 cm³/mol. The van der Waals surface area contributed by atoms with Crippen molar-refractivity contribution in [2.24, 2.45) is 5.73 Å². The molecule has 0 saturated carbocycles. The van der Waals surface area contributed by atoms with Crippen LogP contribution in [0.25, 0.3) is 0 Å². The third-order valence-electron chi connectivity index (χ3n) is 24.6. The van der Waals surface area contributed by atoms with Crippen LogP contribution in [0.3, 0.4) is 0 Å². The summed E-state index contributed by atoms with van der Waals surface area (Å²) in [7, 11) is -4.36. The molecule has 0 fully saturated rings. The van der Waals surface area contributed by atoms with E-state index in [0.29, 0.717) is 144 Å². The van der Waals surface area contributed by atoms with Gasteiger partial charge in [-0.05, 0) is 221 Å². The summed E-state index contributed by atoms with van der Waals surface area (Å²) in [5.74, 6) is 7.86. The quantitative estimate of drug-likeness (QED) is 0.0364. The lowest BCUT2D eigenvalue weighted by Crippen LogP contribution is -2.37. The Labute approximate surface area is 857 Å². The highest BCUT2D eigenvalue weighted by molar-refractivity contribution is 7.89. The second-order valence-corrected chi connectivity index (χ2v) is 38.7. The minimum absolute atomic E-state index is 0.0663. The maximum absolute atomic E-state index is 15.9. The fourth-order valence-corrected chi connectivity index (χ4v) is 18.7. The zero-order valence-electron chi connectivity index (χ0n) is 83.1. The Morgan fingerprint density at radius 3 is 0.541 bits per heavy atom. The standard InChI is InChI=1S/C127H122N2O16S/c1-89(2)108-67-123(90(3)4)127(124(68-108)91(5)6)146(130,131)129-126(107-49-53-110(54-50-107)133-84-101-57-121(144-87-104-63-115(138-79-96-39-23-11-24-40-96)71-116(64-104)139-80-97-41-25-12-26-42-97)74-122(58-101)145-88-105-65-117(140-81-98-43-27-13-28-44-98)72-118(66-105)141-82-99-45-29-14-30-46-99)125(128)106-47-51-109(52-48-106)132-83-100-55-119(142-85-102-59-111(134-75-92-31-15-7-16-32-92)69-112(60-102)135-76-93-33-17-8-18-34-93)73-120(56-100)143-86-103-61-113(136-77-94-35-19-9-20-36-94)70-114(62-103)137-78-95-37-21-10-22-38-95/h7-74,89-91,125-126,129H,75-88,128H2,1-6H3/t125-,126-/m0/s1. The molecule has 0 radical (unpaired) electrons. The Balaban J connectivity index is 0.652. The van der Waals surface area contributed by atoms with Gasteiger partial charge in [0, 0.05) is 36.4 Å². The highest BCUT2D eigenvalue weighted by Gasteiger charge is 2.33. The molecule has 0 aliphatic rings. The first-order valence-electron chi connectivity index (χ1n) is 49.4. The molecule has 0 spiro atoms. The Morgan fingerprint density at radius 1 is 0.192 bits per heavy atom. The number of benzene rings is 17. The van der Waals surface area contributed by atoms with E-state index in [1.54, 1.807) is 0 Å². The van der Waals surface area contributed by atoms with Crippen LogP contribution in [0.2, 0.25) is 0 Å². The molecule has 0 saturated heterocycles. The molecule has 0 amide bonds. The first kappa shape index (κ1) is 101. The molecule has 2 atom stereocenters. The third kappa shape index (κ3) is 30.2. The van der Waals surface area contributed by atoms with Crippen molar-refractivity contribution < 1.29 is 74.7 Å². The van der Waals surface area contributed by atoms with Gasteiger partial charge >= 0.3 is 0 Å². The lowest BCUT2D eigenvalue weighted by Gasteiger charge is -2.29. The van der Waals surface area contributed by atoms with E-state index < -0.39 is 22.1 Å². The molecule has 17 rings (SSSR count). The van der Waals surface area contributed by atoms with Crippen molar-refractivity contribution >= 4 is 10.0 Å². The Morgan fingerprint density at radius 2 is 0.363 bits per heavy atom. The van der Waals surface area contributed by atoms with Crippen LogP contribution >= 0.6 is 0 Å². The average molecular weight is 1960 g/mol. The monoisotopic (exact) mass is 1960 g/mol. The zero-order valence-corrected chi connectivity index (χ0v) is 83.9. The van der Waals surface area contributed by atoms with Gasteiger partial charge in [0.2, 0.25) is 10.0 Å². The van der Waals surface area contributed by atoms with Crippen molar-refractivity contribution in [1.82, 2.24) is 4.72 Å². The number of rotatable bonds is 51. The highest BCUT2D eigenvalue weighted by atomic mass is 32.2. The van der Waals surface area contributed by atoms with E-state index in [2.05, 4.69) is 18.6 Å². The van der Waals surface area contributed by atoms with Gasteiger partial charge in [-0.1, -0.05) is 321 Å². The molecule has 146 heavy (non-hydrogen) atoms. The number of nitrogens with two attached hydrogens (primary N) is 1. The summed E-state index contributed by atoms with van der Waals surface area (Å²) in [4.78, 5) is 0.247. The van der Waals surface area contributed by atoms with Crippen LogP contribution in [0.15, 0.2) is 417 Å². The van der Waals surface area contributed by atoms with Crippen molar-refractivity contribution in [3.05, 3.63) is 518 Å². The summed E-state index contributed by atoms with van der Waals surface area (Å²) in [5, 5.41) is 0. The van der Waals surface area contributed by atoms with E-state index in [1.807, 2.05) is 440 Å². The Kier molecular flexibility index (Phi) is 35.1. The zero-order chi connectivity index (χ0) is 101. The van der Waals surface area contributed by atoms with Crippen LogP contribution < -0.4 is 76.8 Å². The molecule has 0 heterocycles. The minimum atomic E-state index is -4.36. The van der Waals surface area contributed by atoms with Gasteiger partial charge in [-0.15, -0.1) is 0 Å². The van der Waals surface area contributed by atoms with E-state index >= 15 is 8.42 Å². The van der Waals surface area contributed by atoms with E-state index in [0.717, 1.165) is 94.6 Å². The molecule has 18 nitrogen and oxygen atoms in total. The summed E-state index contributed by atoms with van der Waals surface area (Å²) < 4.78 is 127. The van der Waals surface area contributed by atoms with Crippen molar-refractivity contribution in [3.8, 4) is 80.5 Å². The summed E-state index contributed by atoms with van der Waals surface area (Å²) in [5.41, 5.74) is 24.2.